The van der Waals surface area contributed by atoms with Crippen molar-refractivity contribution in [1.29, 1.82) is 5.26 Å². The van der Waals surface area contributed by atoms with Crippen molar-refractivity contribution in [3.63, 3.8) is 0 Å². The molecule has 3 nitrogen and oxygen atoms in total. The summed E-state index contributed by atoms with van der Waals surface area (Å²) in [5.41, 5.74) is 3.24. The van der Waals surface area contributed by atoms with Gasteiger partial charge >= 0.3 is 0 Å². The van der Waals surface area contributed by atoms with Crippen LogP contribution >= 0.6 is 0 Å². The summed E-state index contributed by atoms with van der Waals surface area (Å²) in [7, 11) is 2.17. The Morgan fingerprint density at radius 3 is 2.38 bits per heavy atom. The first-order chi connectivity index (χ1) is 10.3. The maximum Gasteiger partial charge on any atom is 0.0991 e. The van der Waals surface area contributed by atoms with E-state index in [1.807, 2.05) is 12.1 Å². The van der Waals surface area contributed by atoms with Crippen molar-refractivity contribution in [3.05, 3.63) is 65.7 Å². The van der Waals surface area contributed by atoms with Crippen LogP contribution in [0, 0.1) is 11.3 Å². The van der Waals surface area contributed by atoms with Crippen molar-refractivity contribution >= 4 is 5.69 Å². The standard InChI is InChI=1S/C18H19N3/c1-20-11-12-21(17-9-7-15(13-19)8-10-17)18(14-20)16-5-3-2-4-6-16/h2-10,18H,11-12,14H2,1H3. The predicted octanol–water partition coefficient (Wildman–Crippen LogP) is 3.05. The van der Waals surface area contributed by atoms with Crippen LogP contribution in [0.15, 0.2) is 54.6 Å². The molecule has 3 heteroatoms. The van der Waals surface area contributed by atoms with Gasteiger partial charge in [0.15, 0.2) is 0 Å². The summed E-state index contributed by atoms with van der Waals surface area (Å²) in [5, 5.41) is 8.93. The molecule has 1 unspecified atom stereocenters. The SMILES string of the molecule is CN1CCN(c2ccc(C#N)cc2)C(c2ccccc2)C1. The van der Waals surface area contributed by atoms with Gasteiger partial charge in [-0.3, -0.25) is 0 Å². The molecular formula is C18H19N3. The summed E-state index contributed by atoms with van der Waals surface area (Å²) in [4.78, 5) is 4.81. The fraction of sp³-hybridized carbons (Fsp3) is 0.278. The molecular weight excluding hydrogens is 258 g/mol. The van der Waals surface area contributed by atoms with Crippen molar-refractivity contribution in [2.45, 2.75) is 6.04 Å². The summed E-state index contributed by atoms with van der Waals surface area (Å²) in [6, 6.07) is 21.1. The van der Waals surface area contributed by atoms with Gasteiger partial charge in [0.2, 0.25) is 0 Å². The van der Waals surface area contributed by atoms with Crippen LogP contribution in [0.1, 0.15) is 17.2 Å². The number of piperazine rings is 1. The molecule has 1 heterocycles. The molecule has 0 aliphatic carbocycles. The second-order valence-electron chi connectivity index (χ2n) is 5.54. The summed E-state index contributed by atoms with van der Waals surface area (Å²) >= 11 is 0. The van der Waals surface area contributed by atoms with Gasteiger partial charge in [0, 0.05) is 25.3 Å². The van der Waals surface area contributed by atoms with E-state index in [1.54, 1.807) is 0 Å². The average Bonchev–Trinajstić information content (AvgIpc) is 2.56. The van der Waals surface area contributed by atoms with E-state index in [0.29, 0.717) is 11.6 Å². The topological polar surface area (TPSA) is 30.3 Å². The first kappa shape index (κ1) is 13.7. The number of likely N-dealkylation sites (N-methyl/N-ethyl adjacent to an activating group) is 1. The van der Waals surface area contributed by atoms with Gasteiger partial charge in [0.25, 0.3) is 0 Å². The number of rotatable bonds is 2. The van der Waals surface area contributed by atoms with Crippen LogP contribution in [0.2, 0.25) is 0 Å². The molecule has 1 saturated heterocycles. The number of anilines is 1. The zero-order valence-electron chi connectivity index (χ0n) is 12.2. The van der Waals surface area contributed by atoms with Crippen molar-refractivity contribution in [2.24, 2.45) is 0 Å². The van der Waals surface area contributed by atoms with Crippen LogP contribution in [0.25, 0.3) is 0 Å². The highest BCUT2D eigenvalue weighted by Crippen LogP contribution is 2.30. The highest BCUT2D eigenvalue weighted by atomic mass is 15.3. The Morgan fingerprint density at radius 1 is 1.00 bits per heavy atom. The third-order valence-corrected chi connectivity index (χ3v) is 4.10. The Morgan fingerprint density at radius 2 is 1.71 bits per heavy atom. The lowest BCUT2D eigenvalue weighted by molar-refractivity contribution is 0.269. The summed E-state index contributed by atoms with van der Waals surface area (Å²) < 4.78 is 0. The van der Waals surface area contributed by atoms with Crippen molar-refractivity contribution < 1.29 is 0 Å². The lowest BCUT2D eigenvalue weighted by Gasteiger charge is -2.42. The Kier molecular flexibility index (Phi) is 3.89. The third-order valence-electron chi connectivity index (χ3n) is 4.10. The lowest BCUT2D eigenvalue weighted by atomic mass is 10.0. The molecule has 3 rings (SSSR count). The van der Waals surface area contributed by atoms with Crippen LogP contribution in [-0.4, -0.2) is 31.6 Å². The van der Waals surface area contributed by atoms with E-state index in [-0.39, 0.29) is 0 Å². The zero-order chi connectivity index (χ0) is 14.7. The molecule has 2 aromatic rings. The quantitative estimate of drug-likeness (QED) is 0.845. The molecule has 0 bridgehead atoms. The van der Waals surface area contributed by atoms with Gasteiger partial charge in [-0.05, 0) is 36.9 Å². The van der Waals surface area contributed by atoms with Crippen LogP contribution in [0.3, 0.4) is 0 Å². The Hall–Kier alpha value is -2.31. The summed E-state index contributed by atoms with van der Waals surface area (Å²) in [6.45, 7) is 3.08. The fourth-order valence-corrected chi connectivity index (χ4v) is 2.92. The smallest absolute Gasteiger partial charge is 0.0991 e. The van der Waals surface area contributed by atoms with Crippen molar-refractivity contribution in [3.8, 4) is 6.07 Å². The number of nitriles is 1. The van der Waals surface area contributed by atoms with Crippen molar-refractivity contribution in [2.75, 3.05) is 31.6 Å². The van der Waals surface area contributed by atoms with E-state index in [0.717, 1.165) is 19.6 Å². The van der Waals surface area contributed by atoms with E-state index < -0.39 is 0 Å². The highest BCUT2D eigenvalue weighted by Gasteiger charge is 2.26. The third kappa shape index (κ3) is 2.91. The molecule has 2 aromatic carbocycles. The van der Waals surface area contributed by atoms with E-state index in [9.17, 15) is 0 Å². The molecule has 106 valence electrons. The molecule has 0 N–H and O–H groups in total. The van der Waals surface area contributed by atoms with E-state index in [1.165, 1.54) is 11.3 Å². The predicted molar refractivity (Wildman–Crippen MR) is 85.2 cm³/mol. The molecule has 1 aliphatic rings. The minimum Gasteiger partial charge on any atom is -0.362 e. The Bertz CT molecular complexity index is 628. The highest BCUT2D eigenvalue weighted by molar-refractivity contribution is 5.52. The maximum atomic E-state index is 8.93. The first-order valence-corrected chi connectivity index (χ1v) is 7.28. The average molecular weight is 277 g/mol. The molecule has 0 aromatic heterocycles. The number of nitrogens with zero attached hydrogens (tertiary/aromatic N) is 3. The van der Waals surface area contributed by atoms with Crippen LogP contribution in [0.4, 0.5) is 5.69 Å². The Labute approximate surface area is 126 Å². The normalized spacial score (nSPS) is 19.2. The van der Waals surface area contributed by atoms with Crippen LogP contribution < -0.4 is 4.90 Å². The van der Waals surface area contributed by atoms with Gasteiger partial charge in [-0.1, -0.05) is 30.3 Å². The van der Waals surface area contributed by atoms with Gasteiger partial charge in [0.1, 0.15) is 0 Å². The largest absolute Gasteiger partial charge is 0.362 e. The minimum atomic E-state index is 0.359. The van der Waals surface area contributed by atoms with Crippen molar-refractivity contribution in [1.82, 2.24) is 4.90 Å². The number of benzene rings is 2. The van der Waals surface area contributed by atoms with Crippen LogP contribution in [-0.2, 0) is 0 Å². The van der Waals surface area contributed by atoms with E-state index in [2.05, 4.69) is 65.4 Å². The summed E-state index contributed by atoms with van der Waals surface area (Å²) in [5.74, 6) is 0. The van der Waals surface area contributed by atoms with E-state index in [4.69, 9.17) is 5.26 Å². The lowest BCUT2D eigenvalue weighted by Crippen LogP contribution is -2.46. The molecule has 1 fully saturated rings. The number of hydrogen-bond acceptors (Lipinski definition) is 3. The van der Waals surface area contributed by atoms with Crippen LogP contribution in [0.5, 0.6) is 0 Å². The molecule has 0 radical (unpaired) electrons. The molecule has 1 aliphatic heterocycles. The maximum absolute atomic E-state index is 8.93. The van der Waals surface area contributed by atoms with Gasteiger partial charge in [-0.15, -0.1) is 0 Å². The molecule has 0 saturated carbocycles. The monoisotopic (exact) mass is 277 g/mol. The van der Waals surface area contributed by atoms with Gasteiger partial charge < -0.3 is 9.80 Å². The first-order valence-electron chi connectivity index (χ1n) is 7.28. The van der Waals surface area contributed by atoms with Gasteiger partial charge in [-0.2, -0.15) is 5.26 Å². The van der Waals surface area contributed by atoms with E-state index >= 15 is 0 Å². The van der Waals surface area contributed by atoms with Gasteiger partial charge in [0.05, 0.1) is 17.7 Å². The number of hydrogen-bond donors (Lipinski definition) is 0. The van der Waals surface area contributed by atoms with Gasteiger partial charge in [-0.25, -0.2) is 0 Å². The fourth-order valence-electron chi connectivity index (χ4n) is 2.92. The summed E-state index contributed by atoms with van der Waals surface area (Å²) in [6.07, 6.45) is 0. The molecule has 0 spiro atoms. The molecule has 1 atom stereocenters. The second-order valence-corrected chi connectivity index (χ2v) is 5.54. The second kappa shape index (κ2) is 5.99. The molecule has 0 amide bonds. The Balaban J connectivity index is 1.92. The molecule has 21 heavy (non-hydrogen) atoms. The minimum absolute atomic E-state index is 0.359. The zero-order valence-corrected chi connectivity index (χ0v) is 12.2.